The monoisotopic (exact) mass is 701 g/mol. The standard InChI is InChI=1S/C39H77N2O6P/c1-3-5-7-9-11-13-15-17-18-19-20-21-23-25-27-29-31-33-39(43)41-37(36-47-48(44,45)46-35-34-40)38(42)32-30-28-26-24-22-16-14-12-10-8-6-4-2/h17-18,30,32,37-38,42H,3-16,19-29,31,33-36,40H2,1-2H3,(H,41,43)(H,44,45)/b18-17-,32-30+. The fourth-order valence-electron chi connectivity index (χ4n) is 5.71. The average molecular weight is 701 g/mol. The summed E-state index contributed by atoms with van der Waals surface area (Å²) in [6.45, 7) is 4.11. The lowest BCUT2D eigenvalue weighted by Crippen LogP contribution is -2.45. The first-order valence-corrected chi connectivity index (χ1v) is 21.5. The molecule has 0 aromatic rings. The maximum atomic E-state index is 12.7. The fourth-order valence-corrected chi connectivity index (χ4v) is 6.47. The van der Waals surface area contributed by atoms with Crippen LogP contribution in [0.5, 0.6) is 0 Å². The molecule has 0 fully saturated rings. The summed E-state index contributed by atoms with van der Waals surface area (Å²) in [5.41, 5.74) is 5.36. The molecule has 0 aromatic heterocycles. The number of nitrogens with two attached hydrogens (primary N) is 1. The van der Waals surface area contributed by atoms with Gasteiger partial charge in [-0.1, -0.05) is 160 Å². The molecule has 0 saturated heterocycles. The molecular weight excluding hydrogens is 623 g/mol. The summed E-state index contributed by atoms with van der Waals surface area (Å²) in [4.78, 5) is 22.6. The van der Waals surface area contributed by atoms with Gasteiger partial charge in [-0.3, -0.25) is 13.8 Å². The topological polar surface area (TPSA) is 131 Å². The Morgan fingerprint density at radius 1 is 0.667 bits per heavy atom. The lowest BCUT2D eigenvalue weighted by Gasteiger charge is -2.23. The van der Waals surface area contributed by atoms with E-state index in [0.717, 1.165) is 38.5 Å². The minimum Gasteiger partial charge on any atom is -0.387 e. The molecule has 0 aliphatic heterocycles. The SMILES string of the molecule is CCCCCCCC/C=C\CCCCCCCCCC(=O)NC(COP(=O)(O)OCCN)C(O)/C=C/CCCCCCCCCCCC. The molecule has 9 heteroatoms. The average Bonchev–Trinajstić information content (AvgIpc) is 3.07. The van der Waals surface area contributed by atoms with Crippen LogP contribution in [-0.2, 0) is 18.4 Å². The Hall–Kier alpha value is -1.02. The summed E-state index contributed by atoms with van der Waals surface area (Å²) >= 11 is 0. The van der Waals surface area contributed by atoms with Gasteiger partial charge in [0.25, 0.3) is 0 Å². The third kappa shape index (κ3) is 33.5. The van der Waals surface area contributed by atoms with Crippen LogP contribution >= 0.6 is 7.82 Å². The van der Waals surface area contributed by atoms with Crippen molar-refractivity contribution in [3.63, 3.8) is 0 Å². The molecule has 0 saturated carbocycles. The predicted molar refractivity (Wildman–Crippen MR) is 203 cm³/mol. The van der Waals surface area contributed by atoms with Gasteiger partial charge >= 0.3 is 7.82 Å². The number of phosphoric ester groups is 1. The number of phosphoric acid groups is 1. The molecule has 48 heavy (non-hydrogen) atoms. The van der Waals surface area contributed by atoms with Crippen LogP contribution < -0.4 is 11.1 Å². The Labute approximate surface area is 296 Å². The van der Waals surface area contributed by atoms with Crippen LogP contribution in [-0.4, -0.2) is 47.8 Å². The van der Waals surface area contributed by atoms with Crippen LogP contribution in [0.1, 0.15) is 187 Å². The zero-order valence-electron chi connectivity index (χ0n) is 31.2. The van der Waals surface area contributed by atoms with Gasteiger partial charge in [-0.25, -0.2) is 4.57 Å². The molecule has 0 aromatic carbocycles. The van der Waals surface area contributed by atoms with Crippen molar-refractivity contribution in [2.45, 2.75) is 199 Å². The normalized spacial score (nSPS) is 14.5. The molecule has 0 heterocycles. The maximum Gasteiger partial charge on any atom is 0.472 e. The van der Waals surface area contributed by atoms with Crippen molar-refractivity contribution in [1.82, 2.24) is 5.32 Å². The molecule has 3 unspecified atom stereocenters. The molecule has 0 rings (SSSR count). The number of aliphatic hydroxyl groups excluding tert-OH is 1. The van der Waals surface area contributed by atoms with E-state index in [1.54, 1.807) is 6.08 Å². The van der Waals surface area contributed by atoms with E-state index in [0.29, 0.717) is 6.42 Å². The van der Waals surface area contributed by atoms with Crippen LogP contribution in [0.3, 0.4) is 0 Å². The summed E-state index contributed by atoms with van der Waals surface area (Å²) in [6, 6.07) is -0.858. The smallest absolute Gasteiger partial charge is 0.387 e. The summed E-state index contributed by atoms with van der Waals surface area (Å²) in [7, 11) is -4.33. The van der Waals surface area contributed by atoms with Crippen molar-refractivity contribution in [2.75, 3.05) is 19.8 Å². The summed E-state index contributed by atoms with van der Waals surface area (Å²) in [5.74, 6) is -0.200. The van der Waals surface area contributed by atoms with Crippen LogP contribution in [0.25, 0.3) is 0 Å². The van der Waals surface area contributed by atoms with Gasteiger partial charge in [0.2, 0.25) is 5.91 Å². The highest BCUT2D eigenvalue weighted by atomic mass is 31.2. The molecule has 0 bridgehead atoms. The third-order valence-electron chi connectivity index (χ3n) is 8.77. The number of carbonyl (C=O) groups excluding carboxylic acids is 1. The summed E-state index contributed by atoms with van der Waals surface area (Å²) in [6.07, 6.45) is 39.3. The van der Waals surface area contributed by atoms with E-state index in [-0.39, 0.29) is 25.7 Å². The van der Waals surface area contributed by atoms with Crippen LogP contribution in [0.4, 0.5) is 0 Å². The Morgan fingerprint density at radius 3 is 1.54 bits per heavy atom. The van der Waals surface area contributed by atoms with E-state index < -0.39 is 20.0 Å². The van der Waals surface area contributed by atoms with E-state index in [1.165, 1.54) is 128 Å². The Bertz CT molecular complexity index is 809. The Balaban J connectivity index is 4.25. The molecule has 284 valence electrons. The maximum absolute atomic E-state index is 12.7. The first-order chi connectivity index (χ1) is 23.4. The Morgan fingerprint density at radius 2 is 1.08 bits per heavy atom. The van der Waals surface area contributed by atoms with Crippen molar-refractivity contribution in [3.05, 3.63) is 24.3 Å². The molecule has 1 amide bonds. The second-order valence-corrected chi connectivity index (χ2v) is 14.9. The number of hydrogen-bond acceptors (Lipinski definition) is 6. The van der Waals surface area contributed by atoms with Crippen LogP contribution in [0.15, 0.2) is 24.3 Å². The van der Waals surface area contributed by atoms with Gasteiger partial charge in [0.05, 0.1) is 25.4 Å². The third-order valence-corrected chi connectivity index (χ3v) is 9.76. The number of rotatable bonds is 37. The van der Waals surface area contributed by atoms with Crippen molar-refractivity contribution in [1.29, 1.82) is 0 Å². The highest BCUT2D eigenvalue weighted by Gasteiger charge is 2.26. The van der Waals surface area contributed by atoms with Gasteiger partial charge in [0, 0.05) is 13.0 Å². The lowest BCUT2D eigenvalue weighted by atomic mass is 10.1. The van der Waals surface area contributed by atoms with E-state index >= 15 is 0 Å². The van der Waals surface area contributed by atoms with Crippen LogP contribution in [0.2, 0.25) is 0 Å². The van der Waals surface area contributed by atoms with Crippen molar-refractivity contribution >= 4 is 13.7 Å². The number of amides is 1. The van der Waals surface area contributed by atoms with Gasteiger partial charge in [-0.15, -0.1) is 0 Å². The van der Waals surface area contributed by atoms with Crippen LogP contribution in [0, 0.1) is 0 Å². The quantitative estimate of drug-likeness (QED) is 0.0288. The van der Waals surface area contributed by atoms with E-state index in [1.807, 2.05) is 6.08 Å². The number of allylic oxidation sites excluding steroid dienone is 3. The minimum atomic E-state index is -4.33. The molecule has 3 atom stereocenters. The first kappa shape index (κ1) is 47.0. The van der Waals surface area contributed by atoms with Crippen molar-refractivity contribution < 1.29 is 28.4 Å². The molecular formula is C39H77N2O6P. The number of carbonyl (C=O) groups is 1. The minimum absolute atomic E-state index is 0.0785. The second-order valence-electron chi connectivity index (χ2n) is 13.5. The molecule has 0 radical (unpaired) electrons. The zero-order valence-corrected chi connectivity index (χ0v) is 32.1. The van der Waals surface area contributed by atoms with Gasteiger partial charge in [-0.05, 0) is 44.9 Å². The van der Waals surface area contributed by atoms with Gasteiger partial charge < -0.3 is 21.1 Å². The molecule has 0 aliphatic rings. The first-order valence-electron chi connectivity index (χ1n) is 20.0. The van der Waals surface area contributed by atoms with E-state index in [9.17, 15) is 19.4 Å². The van der Waals surface area contributed by atoms with E-state index in [2.05, 4.69) is 31.3 Å². The molecule has 0 aliphatic carbocycles. The van der Waals surface area contributed by atoms with Gasteiger partial charge in [-0.2, -0.15) is 0 Å². The van der Waals surface area contributed by atoms with E-state index in [4.69, 9.17) is 14.8 Å². The number of unbranched alkanes of at least 4 members (excludes halogenated alkanes) is 23. The number of nitrogens with one attached hydrogen (secondary N) is 1. The summed E-state index contributed by atoms with van der Waals surface area (Å²) in [5, 5.41) is 13.6. The largest absolute Gasteiger partial charge is 0.472 e. The predicted octanol–water partition coefficient (Wildman–Crippen LogP) is 10.6. The van der Waals surface area contributed by atoms with Gasteiger partial charge in [0.15, 0.2) is 0 Å². The Kier molecular flexibility index (Phi) is 35.0. The van der Waals surface area contributed by atoms with Crippen molar-refractivity contribution in [2.24, 2.45) is 5.73 Å². The second kappa shape index (κ2) is 35.8. The number of aliphatic hydroxyl groups is 1. The van der Waals surface area contributed by atoms with Crippen molar-refractivity contribution in [3.8, 4) is 0 Å². The molecule has 5 N–H and O–H groups in total. The lowest BCUT2D eigenvalue weighted by molar-refractivity contribution is -0.123. The van der Waals surface area contributed by atoms with Gasteiger partial charge in [0.1, 0.15) is 0 Å². The molecule has 8 nitrogen and oxygen atoms in total. The molecule has 0 spiro atoms. The highest BCUT2D eigenvalue weighted by molar-refractivity contribution is 7.47. The fraction of sp³-hybridized carbons (Fsp3) is 0.872. The zero-order chi connectivity index (χ0) is 35.4. The highest BCUT2D eigenvalue weighted by Crippen LogP contribution is 2.43. The summed E-state index contributed by atoms with van der Waals surface area (Å²) < 4.78 is 22.0. The number of hydrogen-bond donors (Lipinski definition) is 4.